The summed E-state index contributed by atoms with van der Waals surface area (Å²) in [7, 11) is 1.72. The topological polar surface area (TPSA) is 26.3 Å². The molecule has 1 fully saturated rings. The number of ether oxygens (including phenoxy) is 1. The van der Waals surface area contributed by atoms with Crippen LogP contribution >= 0.6 is 0 Å². The van der Waals surface area contributed by atoms with Crippen LogP contribution < -0.4 is 0 Å². The molecule has 1 atom stereocenters. The Hall–Kier alpha value is -1.15. The molecule has 2 heteroatoms. The SMILES string of the molecule is COC1(C(=O)CC2Cc3ccccc32)CCCCCC1. The van der Waals surface area contributed by atoms with E-state index in [1.807, 2.05) is 0 Å². The summed E-state index contributed by atoms with van der Waals surface area (Å²) in [5.74, 6) is 0.760. The van der Waals surface area contributed by atoms with Gasteiger partial charge >= 0.3 is 0 Å². The standard InChI is InChI=1S/C18H24O2/c1-20-18(10-6-2-3-7-11-18)17(19)13-15-12-14-8-4-5-9-16(14)15/h4-5,8-9,15H,2-3,6-7,10-13H2,1H3. The van der Waals surface area contributed by atoms with Gasteiger partial charge in [0.1, 0.15) is 5.60 Å². The lowest BCUT2D eigenvalue weighted by Crippen LogP contribution is -2.41. The number of Topliss-reactive ketones (excluding diaryl/α,β-unsaturated/α-hetero) is 1. The first kappa shape index (κ1) is 13.8. The molecule has 0 bridgehead atoms. The fraction of sp³-hybridized carbons (Fsp3) is 0.611. The molecule has 20 heavy (non-hydrogen) atoms. The summed E-state index contributed by atoms with van der Waals surface area (Å²) < 4.78 is 5.73. The zero-order valence-electron chi connectivity index (χ0n) is 12.4. The van der Waals surface area contributed by atoms with Gasteiger partial charge in [0, 0.05) is 13.5 Å². The number of hydrogen-bond donors (Lipinski definition) is 0. The molecule has 2 nitrogen and oxygen atoms in total. The summed E-state index contributed by atoms with van der Waals surface area (Å²) in [4.78, 5) is 12.8. The van der Waals surface area contributed by atoms with Crippen molar-refractivity contribution >= 4 is 5.78 Å². The smallest absolute Gasteiger partial charge is 0.165 e. The minimum absolute atomic E-state index is 0.335. The van der Waals surface area contributed by atoms with Gasteiger partial charge in [-0.15, -0.1) is 0 Å². The van der Waals surface area contributed by atoms with E-state index < -0.39 is 5.60 Å². The summed E-state index contributed by atoms with van der Waals surface area (Å²) in [5, 5.41) is 0. The minimum atomic E-state index is -0.485. The van der Waals surface area contributed by atoms with E-state index in [1.165, 1.54) is 24.0 Å². The molecule has 0 radical (unpaired) electrons. The van der Waals surface area contributed by atoms with Gasteiger partial charge < -0.3 is 4.74 Å². The van der Waals surface area contributed by atoms with E-state index in [0.29, 0.717) is 18.1 Å². The normalized spacial score (nSPS) is 24.4. The van der Waals surface area contributed by atoms with Crippen molar-refractivity contribution in [3.63, 3.8) is 0 Å². The van der Waals surface area contributed by atoms with Gasteiger partial charge in [-0.1, -0.05) is 49.9 Å². The second-order valence-electron chi connectivity index (χ2n) is 6.34. The van der Waals surface area contributed by atoms with E-state index >= 15 is 0 Å². The van der Waals surface area contributed by atoms with Gasteiger partial charge in [-0.05, 0) is 36.3 Å². The van der Waals surface area contributed by atoms with Crippen molar-refractivity contribution in [2.24, 2.45) is 0 Å². The van der Waals surface area contributed by atoms with Crippen molar-refractivity contribution in [3.8, 4) is 0 Å². The number of ketones is 1. The lowest BCUT2D eigenvalue weighted by molar-refractivity contribution is -0.143. The molecule has 3 rings (SSSR count). The fourth-order valence-electron chi connectivity index (χ4n) is 3.85. The Morgan fingerprint density at radius 3 is 2.55 bits per heavy atom. The van der Waals surface area contributed by atoms with Crippen molar-refractivity contribution in [2.45, 2.75) is 62.9 Å². The monoisotopic (exact) mass is 272 g/mol. The zero-order valence-corrected chi connectivity index (χ0v) is 12.4. The third-order valence-electron chi connectivity index (χ3n) is 5.20. The summed E-state index contributed by atoms with van der Waals surface area (Å²) in [6.07, 6.45) is 8.27. The van der Waals surface area contributed by atoms with Crippen molar-refractivity contribution < 1.29 is 9.53 Å². The van der Waals surface area contributed by atoms with Crippen LogP contribution in [0.1, 0.15) is 62.0 Å². The van der Waals surface area contributed by atoms with E-state index in [4.69, 9.17) is 4.74 Å². The predicted octanol–water partition coefficient (Wildman–Crippen LogP) is 4.02. The Morgan fingerprint density at radius 1 is 1.20 bits per heavy atom. The second kappa shape index (κ2) is 5.69. The summed E-state index contributed by atoms with van der Waals surface area (Å²) in [5.41, 5.74) is 2.31. The third kappa shape index (κ3) is 2.42. The summed E-state index contributed by atoms with van der Waals surface area (Å²) in [6, 6.07) is 8.50. The number of hydrogen-bond acceptors (Lipinski definition) is 2. The van der Waals surface area contributed by atoms with Gasteiger partial charge in [-0.25, -0.2) is 0 Å². The molecule has 0 heterocycles. The van der Waals surface area contributed by atoms with Gasteiger partial charge in [0.05, 0.1) is 0 Å². The van der Waals surface area contributed by atoms with Crippen LogP contribution in [-0.2, 0) is 16.0 Å². The highest BCUT2D eigenvalue weighted by atomic mass is 16.5. The van der Waals surface area contributed by atoms with Crippen LogP contribution in [0.15, 0.2) is 24.3 Å². The molecule has 0 aromatic heterocycles. The van der Waals surface area contributed by atoms with Crippen molar-refractivity contribution in [2.75, 3.05) is 7.11 Å². The van der Waals surface area contributed by atoms with Gasteiger partial charge in [0.2, 0.25) is 0 Å². The van der Waals surface area contributed by atoms with Gasteiger partial charge in [0.25, 0.3) is 0 Å². The molecule has 108 valence electrons. The number of fused-ring (bicyclic) bond motifs is 1. The molecule has 0 saturated heterocycles. The molecule has 2 aliphatic carbocycles. The largest absolute Gasteiger partial charge is 0.370 e. The number of carbonyl (C=O) groups excluding carboxylic acids is 1. The van der Waals surface area contributed by atoms with Crippen molar-refractivity contribution in [3.05, 3.63) is 35.4 Å². The minimum Gasteiger partial charge on any atom is -0.370 e. The Balaban J connectivity index is 1.69. The molecular weight excluding hydrogens is 248 g/mol. The van der Waals surface area contributed by atoms with Crippen LogP contribution in [0.5, 0.6) is 0 Å². The van der Waals surface area contributed by atoms with E-state index in [9.17, 15) is 4.79 Å². The van der Waals surface area contributed by atoms with Gasteiger partial charge in [-0.2, -0.15) is 0 Å². The van der Waals surface area contributed by atoms with Crippen LogP contribution in [0.4, 0.5) is 0 Å². The first-order valence-corrected chi connectivity index (χ1v) is 7.91. The van der Waals surface area contributed by atoms with Crippen LogP contribution in [-0.4, -0.2) is 18.5 Å². The predicted molar refractivity (Wildman–Crippen MR) is 80.0 cm³/mol. The quantitative estimate of drug-likeness (QED) is 0.774. The number of methoxy groups -OCH3 is 1. The first-order valence-electron chi connectivity index (χ1n) is 7.91. The van der Waals surface area contributed by atoms with E-state index in [1.54, 1.807) is 7.11 Å². The van der Waals surface area contributed by atoms with Crippen molar-refractivity contribution in [1.29, 1.82) is 0 Å². The Morgan fingerprint density at radius 2 is 1.90 bits per heavy atom. The maximum absolute atomic E-state index is 12.8. The average molecular weight is 272 g/mol. The molecule has 0 N–H and O–H groups in total. The Bertz CT molecular complexity index is 484. The zero-order chi connectivity index (χ0) is 14.0. The molecule has 0 spiro atoms. The van der Waals surface area contributed by atoms with E-state index in [-0.39, 0.29) is 0 Å². The molecule has 0 aliphatic heterocycles. The van der Waals surface area contributed by atoms with Crippen LogP contribution in [0.25, 0.3) is 0 Å². The molecule has 1 aromatic rings. The van der Waals surface area contributed by atoms with E-state index in [0.717, 1.165) is 32.1 Å². The number of rotatable bonds is 4. The Labute approximate surface area is 121 Å². The van der Waals surface area contributed by atoms with Gasteiger partial charge in [-0.3, -0.25) is 4.79 Å². The number of carbonyl (C=O) groups is 1. The summed E-state index contributed by atoms with van der Waals surface area (Å²) in [6.45, 7) is 0. The number of benzene rings is 1. The lowest BCUT2D eigenvalue weighted by Gasteiger charge is -2.35. The van der Waals surface area contributed by atoms with Crippen LogP contribution in [0.2, 0.25) is 0 Å². The highest BCUT2D eigenvalue weighted by molar-refractivity contribution is 5.88. The van der Waals surface area contributed by atoms with E-state index in [2.05, 4.69) is 24.3 Å². The fourth-order valence-corrected chi connectivity index (χ4v) is 3.85. The highest BCUT2D eigenvalue weighted by Crippen LogP contribution is 2.40. The third-order valence-corrected chi connectivity index (χ3v) is 5.20. The second-order valence-corrected chi connectivity index (χ2v) is 6.34. The highest BCUT2D eigenvalue weighted by Gasteiger charge is 2.40. The molecule has 1 saturated carbocycles. The molecule has 2 aliphatic rings. The van der Waals surface area contributed by atoms with Crippen LogP contribution in [0, 0.1) is 0 Å². The summed E-state index contributed by atoms with van der Waals surface area (Å²) >= 11 is 0. The van der Waals surface area contributed by atoms with Crippen LogP contribution in [0.3, 0.4) is 0 Å². The maximum atomic E-state index is 12.8. The lowest BCUT2D eigenvalue weighted by atomic mass is 9.72. The van der Waals surface area contributed by atoms with Crippen molar-refractivity contribution in [1.82, 2.24) is 0 Å². The van der Waals surface area contributed by atoms with Gasteiger partial charge in [0.15, 0.2) is 5.78 Å². The first-order chi connectivity index (χ1) is 9.75. The molecule has 0 amide bonds. The average Bonchev–Trinajstić information content (AvgIpc) is 2.71. The Kier molecular flexibility index (Phi) is 3.93. The molecule has 1 aromatic carbocycles. The maximum Gasteiger partial charge on any atom is 0.165 e. The molecular formula is C18H24O2. The molecule has 1 unspecified atom stereocenters.